The van der Waals surface area contributed by atoms with Gasteiger partial charge in [0.2, 0.25) is 0 Å². The number of hydrogen-bond acceptors (Lipinski definition) is 4. The van der Waals surface area contributed by atoms with Crippen molar-refractivity contribution >= 4 is 5.91 Å². The van der Waals surface area contributed by atoms with Crippen LogP contribution in [0.3, 0.4) is 0 Å². The van der Waals surface area contributed by atoms with Crippen molar-refractivity contribution in [1.29, 1.82) is 0 Å². The molecule has 0 aliphatic carbocycles. The Bertz CT molecular complexity index is 566. The number of hydrogen-bond donors (Lipinski definition) is 0. The first-order valence-corrected chi connectivity index (χ1v) is 7.50. The molecule has 1 aromatic rings. The Balaban J connectivity index is 1.86. The molecular weight excluding hydrogens is 287 g/mol. The summed E-state index contributed by atoms with van der Waals surface area (Å²) in [5.74, 6) is -0.506. The maximum Gasteiger partial charge on any atom is 0.257 e. The predicted octanol–water partition coefficient (Wildman–Crippen LogP) is 1.24. The van der Waals surface area contributed by atoms with Crippen molar-refractivity contribution in [3.63, 3.8) is 0 Å². The molecule has 2 aliphatic rings. The van der Waals surface area contributed by atoms with Gasteiger partial charge in [0.15, 0.2) is 11.6 Å². The van der Waals surface area contributed by atoms with E-state index in [2.05, 4.69) is 4.90 Å². The van der Waals surface area contributed by atoms with Gasteiger partial charge >= 0.3 is 0 Å². The van der Waals surface area contributed by atoms with E-state index in [4.69, 9.17) is 9.47 Å². The lowest BCUT2D eigenvalue weighted by molar-refractivity contribution is 0.0430. The summed E-state index contributed by atoms with van der Waals surface area (Å²) in [7, 11) is 3.45. The Labute approximate surface area is 129 Å². The smallest absolute Gasteiger partial charge is 0.257 e. The van der Waals surface area contributed by atoms with E-state index in [-0.39, 0.29) is 29.2 Å². The first kappa shape index (κ1) is 15.2. The first-order chi connectivity index (χ1) is 10.6. The van der Waals surface area contributed by atoms with Crippen LogP contribution in [0.1, 0.15) is 10.4 Å². The Morgan fingerprint density at radius 1 is 1.32 bits per heavy atom. The maximum atomic E-state index is 14.3. The fourth-order valence-corrected chi connectivity index (χ4v) is 3.22. The van der Waals surface area contributed by atoms with Gasteiger partial charge in [0.05, 0.1) is 31.9 Å². The third kappa shape index (κ3) is 2.80. The van der Waals surface area contributed by atoms with Crippen molar-refractivity contribution in [2.45, 2.75) is 6.04 Å². The van der Waals surface area contributed by atoms with Gasteiger partial charge in [-0.1, -0.05) is 6.07 Å². The van der Waals surface area contributed by atoms with Crippen LogP contribution in [-0.4, -0.2) is 68.8 Å². The molecule has 0 unspecified atom stereocenters. The molecule has 1 amide bonds. The van der Waals surface area contributed by atoms with E-state index in [1.807, 2.05) is 7.05 Å². The van der Waals surface area contributed by atoms with Crippen LogP contribution >= 0.6 is 0 Å². The second-order valence-corrected chi connectivity index (χ2v) is 6.03. The molecule has 22 heavy (non-hydrogen) atoms. The molecule has 0 spiro atoms. The van der Waals surface area contributed by atoms with Gasteiger partial charge in [-0.15, -0.1) is 0 Å². The fourth-order valence-electron chi connectivity index (χ4n) is 3.22. The van der Waals surface area contributed by atoms with Gasteiger partial charge < -0.3 is 14.4 Å². The highest BCUT2D eigenvalue weighted by atomic mass is 19.1. The van der Waals surface area contributed by atoms with Crippen LogP contribution < -0.4 is 4.74 Å². The molecule has 2 saturated heterocycles. The Morgan fingerprint density at radius 2 is 2.14 bits per heavy atom. The van der Waals surface area contributed by atoms with E-state index in [0.717, 1.165) is 6.54 Å². The van der Waals surface area contributed by atoms with E-state index in [1.54, 1.807) is 11.0 Å². The number of amides is 1. The number of halogens is 1. The summed E-state index contributed by atoms with van der Waals surface area (Å²) >= 11 is 0. The molecule has 0 radical (unpaired) electrons. The second-order valence-electron chi connectivity index (χ2n) is 6.03. The van der Waals surface area contributed by atoms with Crippen LogP contribution in [0.15, 0.2) is 18.2 Å². The lowest BCUT2D eigenvalue weighted by Gasteiger charge is -2.30. The first-order valence-electron chi connectivity index (χ1n) is 7.50. The SMILES string of the molecule is COc1cccc(C(=O)N2C[C@@H]3COC[C@H](C2)N(C)C3)c1F. The van der Waals surface area contributed by atoms with Gasteiger partial charge in [0.1, 0.15) is 0 Å². The zero-order valence-electron chi connectivity index (χ0n) is 12.9. The molecule has 5 nitrogen and oxygen atoms in total. The van der Waals surface area contributed by atoms with Crippen molar-refractivity contribution in [2.24, 2.45) is 5.92 Å². The van der Waals surface area contributed by atoms with Gasteiger partial charge in [-0.25, -0.2) is 4.39 Å². The van der Waals surface area contributed by atoms with Crippen LogP contribution in [0.5, 0.6) is 5.75 Å². The molecule has 2 fully saturated rings. The number of carbonyl (C=O) groups excluding carboxylic acids is 1. The molecule has 0 saturated carbocycles. The predicted molar refractivity (Wildman–Crippen MR) is 79.6 cm³/mol. The van der Waals surface area contributed by atoms with Crippen LogP contribution in [0.2, 0.25) is 0 Å². The zero-order valence-corrected chi connectivity index (χ0v) is 12.9. The number of likely N-dealkylation sites (N-methyl/N-ethyl adjacent to an activating group) is 1. The molecule has 0 aromatic heterocycles. The van der Waals surface area contributed by atoms with Crippen molar-refractivity contribution in [3.8, 4) is 5.75 Å². The van der Waals surface area contributed by atoms with Gasteiger partial charge in [-0.2, -0.15) is 0 Å². The van der Waals surface area contributed by atoms with Crippen molar-refractivity contribution in [3.05, 3.63) is 29.6 Å². The topological polar surface area (TPSA) is 42.0 Å². The lowest BCUT2D eigenvalue weighted by Crippen LogP contribution is -2.45. The minimum Gasteiger partial charge on any atom is -0.494 e. The molecule has 120 valence electrons. The summed E-state index contributed by atoms with van der Waals surface area (Å²) in [6.07, 6.45) is 0. The van der Waals surface area contributed by atoms with E-state index in [1.165, 1.54) is 19.2 Å². The summed E-state index contributed by atoms with van der Waals surface area (Å²) in [6.45, 7) is 3.30. The Hall–Kier alpha value is -1.66. The molecule has 2 bridgehead atoms. The number of fused-ring (bicyclic) bond motifs is 3. The molecule has 0 N–H and O–H groups in total. The van der Waals surface area contributed by atoms with Gasteiger partial charge in [-0.3, -0.25) is 9.69 Å². The number of carbonyl (C=O) groups is 1. The zero-order chi connectivity index (χ0) is 15.7. The standard InChI is InChI=1S/C16H21FN2O3/c1-18-6-11-7-19(8-12(18)10-22-9-11)16(20)13-4-3-5-14(21-2)15(13)17/h3-5,11-12H,6-10H2,1-2H3/t11-,12+/m1/s1. The summed E-state index contributed by atoms with van der Waals surface area (Å²) in [5, 5.41) is 0. The third-order valence-electron chi connectivity index (χ3n) is 4.44. The summed E-state index contributed by atoms with van der Waals surface area (Å²) in [6, 6.07) is 4.83. The second kappa shape index (κ2) is 6.22. The highest BCUT2D eigenvalue weighted by molar-refractivity contribution is 5.95. The Morgan fingerprint density at radius 3 is 2.91 bits per heavy atom. The van der Waals surface area contributed by atoms with Gasteiger partial charge in [0, 0.05) is 25.6 Å². The lowest BCUT2D eigenvalue weighted by atomic mass is 10.1. The number of rotatable bonds is 2. The molecule has 2 atom stereocenters. The number of methoxy groups -OCH3 is 1. The van der Waals surface area contributed by atoms with Gasteiger partial charge in [0.25, 0.3) is 5.91 Å². The fraction of sp³-hybridized carbons (Fsp3) is 0.562. The summed E-state index contributed by atoms with van der Waals surface area (Å²) < 4.78 is 25.0. The summed E-state index contributed by atoms with van der Waals surface area (Å²) in [5.41, 5.74) is 0.0721. The van der Waals surface area contributed by atoms with Crippen LogP contribution in [0.4, 0.5) is 4.39 Å². The average Bonchev–Trinajstić information content (AvgIpc) is 2.75. The van der Waals surface area contributed by atoms with Crippen LogP contribution in [0, 0.1) is 11.7 Å². The number of nitrogens with zero attached hydrogens (tertiary/aromatic N) is 2. The van der Waals surface area contributed by atoms with Crippen molar-refractivity contribution in [2.75, 3.05) is 47.0 Å². The van der Waals surface area contributed by atoms with Crippen molar-refractivity contribution in [1.82, 2.24) is 9.80 Å². The normalized spacial score (nSPS) is 25.7. The molecule has 1 aromatic carbocycles. The number of ether oxygens (including phenoxy) is 2. The van der Waals surface area contributed by atoms with E-state index < -0.39 is 5.82 Å². The molecule has 6 heteroatoms. The molecular formula is C16H21FN2O3. The third-order valence-corrected chi connectivity index (χ3v) is 4.44. The van der Waals surface area contributed by atoms with Gasteiger partial charge in [-0.05, 0) is 19.2 Å². The van der Waals surface area contributed by atoms with E-state index >= 15 is 0 Å². The minimum atomic E-state index is -0.589. The van der Waals surface area contributed by atoms with Crippen LogP contribution in [-0.2, 0) is 4.74 Å². The molecule has 3 rings (SSSR count). The van der Waals surface area contributed by atoms with E-state index in [0.29, 0.717) is 26.3 Å². The minimum absolute atomic E-state index is 0.0721. The van der Waals surface area contributed by atoms with Crippen molar-refractivity contribution < 1.29 is 18.7 Å². The maximum absolute atomic E-state index is 14.3. The highest BCUT2D eigenvalue weighted by Crippen LogP contribution is 2.24. The molecule has 2 heterocycles. The molecule has 2 aliphatic heterocycles. The Kier molecular flexibility index (Phi) is 4.31. The largest absolute Gasteiger partial charge is 0.494 e. The average molecular weight is 308 g/mol. The highest BCUT2D eigenvalue weighted by Gasteiger charge is 2.34. The quantitative estimate of drug-likeness (QED) is 0.824. The number of benzene rings is 1. The summed E-state index contributed by atoms with van der Waals surface area (Å²) in [4.78, 5) is 16.7. The van der Waals surface area contributed by atoms with E-state index in [9.17, 15) is 9.18 Å². The van der Waals surface area contributed by atoms with Crippen LogP contribution in [0.25, 0.3) is 0 Å². The monoisotopic (exact) mass is 308 g/mol.